The molecule has 0 radical (unpaired) electrons. The zero-order chi connectivity index (χ0) is 14.9. The number of fused-ring (bicyclic) bond motifs is 1. The first-order chi connectivity index (χ1) is 9.24. The molecular weight excluding hydrogens is 258 g/mol. The van der Waals surface area contributed by atoms with Gasteiger partial charge in [-0.2, -0.15) is 0 Å². The number of hydrogen-bond acceptors (Lipinski definition) is 3. The van der Waals surface area contributed by atoms with Crippen LogP contribution in [-0.4, -0.2) is 28.8 Å². The van der Waals surface area contributed by atoms with Crippen molar-refractivity contribution >= 4 is 12.1 Å². The van der Waals surface area contributed by atoms with Gasteiger partial charge in [0.05, 0.1) is 6.42 Å². The second-order valence-corrected chi connectivity index (χ2v) is 7.18. The van der Waals surface area contributed by atoms with E-state index in [2.05, 4.69) is 5.32 Å². The minimum absolute atomic E-state index is 0.0265. The lowest BCUT2D eigenvalue weighted by Gasteiger charge is -2.30. The first-order valence-corrected chi connectivity index (χ1v) is 7.46. The van der Waals surface area contributed by atoms with Crippen LogP contribution in [0, 0.1) is 17.8 Å². The van der Waals surface area contributed by atoms with Crippen molar-refractivity contribution in [2.24, 2.45) is 17.8 Å². The molecule has 2 N–H and O–H groups in total. The highest BCUT2D eigenvalue weighted by Gasteiger charge is 2.44. The summed E-state index contributed by atoms with van der Waals surface area (Å²) in [4.78, 5) is 22.9. The summed E-state index contributed by atoms with van der Waals surface area (Å²) in [7, 11) is 0. The molecule has 2 aliphatic rings. The smallest absolute Gasteiger partial charge is 0.407 e. The van der Waals surface area contributed by atoms with Crippen LogP contribution in [0.2, 0.25) is 0 Å². The lowest BCUT2D eigenvalue weighted by molar-refractivity contribution is -0.137. The SMILES string of the molecule is CC(C)(C)OC(=O)N[C@@H](CC(=O)O)C1CCC2CC2C1. The Morgan fingerprint density at radius 1 is 1.25 bits per heavy atom. The monoisotopic (exact) mass is 283 g/mol. The van der Waals surface area contributed by atoms with E-state index >= 15 is 0 Å². The summed E-state index contributed by atoms with van der Waals surface area (Å²) in [6.07, 6.45) is 3.96. The predicted octanol–water partition coefficient (Wildman–Crippen LogP) is 2.79. The van der Waals surface area contributed by atoms with Gasteiger partial charge in [-0.05, 0) is 64.2 Å². The van der Waals surface area contributed by atoms with Crippen LogP contribution in [0.25, 0.3) is 0 Å². The van der Waals surface area contributed by atoms with Crippen molar-refractivity contribution < 1.29 is 19.4 Å². The highest BCUT2D eigenvalue weighted by molar-refractivity contribution is 5.71. The van der Waals surface area contributed by atoms with Gasteiger partial charge in [0.1, 0.15) is 5.60 Å². The largest absolute Gasteiger partial charge is 0.481 e. The number of alkyl carbamates (subject to hydrolysis) is 1. The van der Waals surface area contributed by atoms with Crippen LogP contribution in [0.5, 0.6) is 0 Å². The highest BCUT2D eigenvalue weighted by Crippen LogP contribution is 2.52. The van der Waals surface area contributed by atoms with Crippen LogP contribution in [0.15, 0.2) is 0 Å². The van der Waals surface area contributed by atoms with Gasteiger partial charge < -0.3 is 15.2 Å². The fourth-order valence-corrected chi connectivity index (χ4v) is 3.24. The minimum Gasteiger partial charge on any atom is -0.481 e. The van der Waals surface area contributed by atoms with Crippen molar-refractivity contribution in [1.29, 1.82) is 0 Å². The Balaban J connectivity index is 1.92. The number of nitrogens with one attached hydrogen (secondary N) is 1. The maximum Gasteiger partial charge on any atom is 0.407 e. The van der Waals surface area contributed by atoms with Gasteiger partial charge in [-0.15, -0.1) is 0 Å². The van der Waals surface area contributed by atoms with Crippen LogP contribution in [0.3, 0.4) is 0 Å². The molecule has 0 aromatic heterocycles. The Kier molecular flexibility index (Phi) is 4.25. The summed E-state index contributed by atoms with van der Waals surface area (Å²) in [6.45, 7) is 5.40. The van der Waals surface area contributed by atoms with Crippen LogP contribution in [0.1, 0.15) is 52.9 Å². The summed E-state index contributed by atoms with van der Waals surface area (Å²) in [5.74, 6) is 1.01. The average Bonchev–Trinajstić information content (AvgIpc) is 3.02. The Hall–Kier alpha value is -1.26. The van der Waals surface area contributed by atoms with E-state index in [1.54, 1.807) is 20.8 Å². The third-order valence-electron chi connectivity index (χ3n) is 4.25. The summed E-state index contributed by atoms with van der Waals surface area (Å²) in [5.41, 5.74) is -0.563. The molecule has 5 nitrogen and oxygen atoms in total. The zero-order valence-electron chi connectivity index (χ0n) is 12.5. The third-order valence-corrected chi connectivity index (χ3v) is 4.25. The number of hydrogen-bond donors (Lipinski definition) is 2. The third kappa shape index (κ3) is 4.39. The van der Waals surface area contributed by atoms with Gasteiger partial charge in [0.15, 0.2) is 0 Å². The average molecular weight is 283 g/mol. The number of rotatable bonds is 4. The van der Waals surface area contributed by atoms with Gasteiger partial charge in [-0.25, -0.2) is 4.79 Å². The Morgan fingerprint density at radius 2 is 1.95 bits per heavy atom. The number of amides is 1. The molecule has 0 saturated heterocycles. The fourth-order valence-electron chi connectivity index (χ4n) is 3.24. The number of carbonyl (C=O) groups is 2. The fraction of sp³-hybridized carbons (Fsp3) is 0.867. The van der Waals surface area contributed by atoms with E-state index < -0.39 is 17.7 Å². The Morgan fingerprint density at radius 3 is 2.50 bits per heavy atom. The summed E-state index contributed by atoms with van der Waals surface area (Å²) < 4.78 is 5.23. The summed E-state index contributed by atoms with van der Waals surface area (Å²) >= 11 is 0. The van der Waals surface area contributed by atoms with Gasteiger partial charge in [0, 0.05) is 6.04 Å². The van der Waals surface area contributed by atoms with Crippen molar-refractivity contribution in [3.8, 4) is 0 Å². The molecule has 4 atom stereocenters. The molecule has 0 aromatic rings. The molecule has 2 saturated carbocycles. The second kappa shape index (κ2) is 5.62. The molecule has 2 aliphatic carbocycles. The summed E-state index contributed by atoms with van der Waals surface area (Å²) in [6, 6.07) is -0.316. The molecule has 114 valence electrons. The molecule has 1 amide bonds. The molecule has 0 aliphatic heterocycles. The van der Waals surface area contributed by atoms with E-state index in [4.69, 9.17) is 9.84 Å². The van der Waals surface area contributed by atoms with Gasteiger partial charge in [-0.1, -0.05) is 0 Å². The van der Waals surface area contributed by atoms with Crippen LogP contribution >= 0.6 is 0 Å². The molecule has 0 spiro atoms. The maximum atomic E-state index is 11.9. The molecule has 0 aromatic carbocycles. The zero-order valence-corrected chi connectivity index (χ0v) is 12.5. The molecular formula is C15H25NO4. The number of carboxylic acid groups (broad SMARTS) is 1. The van der Waals surface area contributed by atoms with E-state index in [0.717, 1.165) is 24.7 Å². The van der Waals surface area contributed by atoms with E-state index in [0.29, 0.717) is 0 Å². The van der Waals surface area contributed by atoms with Gasteiger partial charge >= 0.3 is 12.1 Å². The maximum absolute atomic E-state index is 11.9. The first-order valence-electron chi connectivity index (χ1n) is 7.46. The number of carboxylic acids is 1. The number of aliphatic carboxylic acids is 1. The highest BCUT2D eigenvalue weighted by atomic mass is 16.6. The molecule has 20 heavy (non-hydrogen) atoms. The standard InChI is InChI=1S/C15H25NO4/c1-15(2,3)20-14(19)16-12(8-13(17)18)10-5-4-9-6-11(9)7-10/h9-12H,4-8H2,1-3H3,(H,16,19)(H,17,18)/t9?,10?,11?,12-/m0/s1. The van der Waals surface area contributed by atoms with E-state index in [1.807, 2.05) is 0 Å². The minimum atomic E-state index is -0.871. The van der Waals surface area contributed by atoms with Gasteiger partial charge in [0.2, 0.25) is 0 Å². The molecule has 0 heterocycles. The van der Waals surface area contributed by atoms with Crippen molar-refractivity contribution in [2.75, 3.05) is 0 Å². The Bertz CT molecular complexity index is 388. The van der Waals surface area contributed by atoms with Crippen LogP contribution < -0.4 is 5.32 Å². The quantitative estimate of drug-likeness (QED) is 0.832. The Labute approximate surface area is 120 Å². The van der Waals surface area contributed by atoms with Crippen molar-refractivity contribution in [2.45, 2.75) is 64.5 Å². The van der Waals surface area contributed by atoms with Gasteiger partial charge in [0.25, 0.3) is 0 Å². The molecule has 2 fully saturated rings. The second-order valence-electron chi connectivity index (χ2n) is 7.18. The van der Waals surface area contributed by atoms with Crippen LogP contribution in [0.4, 0.5) is 4.79 Å². The topological polar surface area (TPSA) is 75.6 Å². The predicted molar refractivity (Wildman–Crippen MR) is 74.3 cm³/mol. The number of carbonyl (C=O) groups excluding carboxylic acids is 1. The summed E-state index contributed by atoms with van der Waals surface area (Å²) in [5, 5.41) is 11.8. The normalized spacial score (nSPS) is 30.1. The number of ether oxygens (including phenoxy) is 1. The van der Waals surface area contributed by atoms with Gasteiger partial charge in [-0.3, -0.25) is 4.79 Å². The van der Waals surface area contributed by atoms with Crippen molar-refractivity contribution in [1.82, 2.24) is 5.32 Å². The van der Waals surface area contributed by atoms with Crippen molar-refractivity contribution in [3.05, 3.63) is 0 Å². The first kappa shape index (κ1) is 15.1. The molecule has 2 rings (SSSR count). The van der Waals surface area contributed by atoms with Crippen molar-refractivity contribution in [3.63, 3.8) is 0 Å². The lowest BCUT2D eigenvalue weighted by atomic mass is 9.82. The van der Waals surface area contributed by atoms with E-state index in [9.17, 15) is 9.59 Å². The van der Waals surface area contributed by atoms with Crippen LogP contribution in [-0.2, 0) is 9.53 Å². The molecule has 3 unspecified atom stereocenters. The van der Waals surface area contributed by atoms with E-state index in [1.165, 1.54) is 12.8 Å². The van der Waals surface area contributed by atoms with E-state index in [-0.39, 0.29) is 18.4 Å². The molecule has 0 bridgehead atoms. The lowest BCUT2D eigenvalue weighted by Crippen LogP contribution is -2.44. The molecule has 5 heteroatoms.